The van der Waals surface area contributed by atoms with Crippen LogP contribution < -0.4 is 5.32 Å². The summed E-state index contributed by atoms with van der Waals surface area (Å²) in [4.78, 5) is 20.0. The second-order valence-electron chi connectivity index (χ2n) is 6.63. The molecule has 7 nitrogen and oxygen atoms in total. The Balaban J connectivity index is 1.64. The second kappa shape index (κ2) is 11.2. The minimum absolute atomic E-state index is 0.220. The van der Waals surface area contributed by atoms with Crippen molar-refractivity contribution in [2.45, 2.75) is 51.6 Å². The Bertz CT molecular complexity index is 415. The predicted molar refractivity (Wildman–Crippen MR) is 99.0 cm³/mol. The summed E-state index contributed by atoms with van der Waals surface area (Å²) in [7, 11) is 1.80. The average Bonchev–Trinajstić information content (AvgIpc) is 2.91. The maximum Gasteiger partial charge on any atom is 0.409 e. The van der Waals surface area contributed by atoms with Crippen molar-refractivity contribution >= 4 is 12.1 Å². The summed E-state index contributed by atoms with van der Waals surface area (Å²) < 4.78 is 11.1. The molecule has 0 aromatic carbocycles. The van der Waals surface area contributed by atoms with Crippen molar-refractivity contribution in [2.24, 2.45) is 4.99 Å². The van der Waals surface area contributed by atoms with Crippen molar-refractivity contribution < 1.29 is 14.3 Å². The number of carbonyl (C=O) groups is 1. The van der Waals surface area contributed by atoms with Crippen molar-refractivity contribution in [1.82, 2.24) is 15.1 Å². The lowest BCUT2D eigenvalue weighted by atomic mass is 10.1. The zero-order valence-electron chi connectivity index (χ0n) is 15.8. The van der Waals surface area contributed by atoms with Crippen molar-refractivity contribution in [2.75, 3.05) is 53.0 Å². The van der Waals surface area contributed by atoms with E-state index in [-0.39, 0.29) is 6.09 Å². The third-order valence-corrected chi connectivity index (χ3v) is 4.86. The van der Waals surface area contributed by atoms with Gasteiger partial charge in [-0.3, -0.25) is 4.99 Å². The molecular formula is C18H34N4O3. The number of piperazine rings is 1. The molecule has 1 aliphatic heterocycles. The van der Waals surface area contributed by atoms with Crippen LogP contribution in [0.25, 0.3) is 0 Å². The first kappa shape index (κ1) is 19.8. The molecule has 0 unspecified atom stereocenters. The van der Waals surface area contributed by atoms with Crippen LogP contribution in [0.1, 0.15) is 45.4 Å². The first-order valence-electron chi connectivity index (χ1n) is 9.73. The largest absolute Gasteiger partial charge is 0.450 e. The summed E-state index contributed by atoms with van der Waals surface area (Å²) in [6, 6.07) is 0. The molecule has 1 amide bonds. The summed E-state index contributed by atoms with van der Waals surface area (Å²) in [5.41, 5.74) is 0. The molecule has 2 rings (SSSR count). The molecule has 0 spiro atoms. The van der Waals surface area contributed by atoms with E-state index >= 15 is 0 Å². The number of aliphatic imine (C=N–C) groups is 1. The fourth-order valence-electron chi connectivity index (χ4n) is 3.44. The van der Waals surface area contributed by atoms with Gasteiger partial charge >= 0.3 is 6.09 Å². The third-order valence-electron chi connectivity index (χ3n) is 4.86. The van der Waals surface area contributed by atoms with Gasteiger partial charge in [0.2, 0.25) is 0 Å². The molecule has 2 fully saturated rings. The lowest BCUT2D eigenvalue weighted by Gasteiger charge is -2.35. The molecule has 0 bridgehead atoms. The van der Waals surface area contributed by atoms with E-state index < -0.39 is 0 Å². The maximum absolute atomic E-state index is 11.8. The Morgan fingerprint density at radius 1 is 1.08 bits per heavy atom. The number of guanidine groups is 1. The van der Waals surface area contributed by atoms with E-state index in [2.05, 4.69) is 15.2 Å². The highest BCUT2D eigenvalue weighted by molar-refractivity contribution is 5.80. The van der Waals surface area contributed by atoms with Gasteiger partial charge in [-0.25, -0.2) is 4.79 Å². The van der Waals surface area contributed by atoms with Gasteiger partial charge in [0.05, 0.1) is 19.3 Å². The molecule has 1 aliphatic carbocycles. The molecule has 1 saturated heterocycles. The molecule has 25 heavy (non-hydrogen) atoms. The number of nitrogens with one attached hydrogen (secondary N) is 1. The van der Waals surface area contributed by atoms with Gasteiger partial charge < -0.3 is 24.6 Å². The number of carbonyl (C=O) groups excluding carboxylic acids is 1. The van der Waals surface area contributed by atoms with Gasteiger partial charge in [0.25, 0.3) is 0 Å². The van der Waals surface area contributed by atoms with Crippen LogP contribution >= 0.6 is 0 Å². The van der Waals surface area contributed by atoms with E-state index in [1.807, 2.05) is 6.92 Å². The van der Waals surface area contributed by atoms with Crippen LogP contribution in [0.4, 0.5) is 4.79 Å². The standard InChI is InChI=1S/C18H34N4O3/c1-3-24-18(23)22-13-11-21(12-14-22)17(19-2)20-10-15-25-16-8-6-4-5-7-9-16/h16H,3-15H2,1-2H3,(H,19,20). The molecule has 0 radical (unpaired) electrons. The van der Waals surface area contributed by atoms with Gasteiger partial charge in [-0.15, -0.1) is 0 Å². The Kier molecular flexibility index (Phi) is 8.86. The number of amides is 1. The molecule has 0 atom stereocenters. The molecule has 2 aliphatic rings. The van der Waals surface area contributed by atoms with Gasteiger partial charge in [-0.2, -0.15) is 0 Å². The van der Waals surface area contributed by atoms with Gasteiger partial charge in [0.1, 0.15) is 0 Å². The van der Waals surface area contributed by atoms with Crippen molar-refractivity contribution in [3.05, 3.63) is 0 Å². The maximum atomic E-state index is 11.8. The second-order valence-corrected chi connectivity index (χ2v) is 6.63. The first-order valence-corrected chi connectivity index (χ1v) is 9.73. The van der Waals surface area contributed by atoms with Crippen LogP contribution in [0, 0.1) is 0 Å². The topological polar surface area (TPSA) is 66.4 Å². The smallest absolute Gasteiger partial charge is 0.409 e. The Morgan fingerprint density at radius 2 is 1.72 bits per heavy atom. The lowest BCUT2D eigenvalue weighted by Crippen LogP contribution is -2.54. The SMILES string of the molecule is CCOC(=O)N1CCN(C(=NC)NCCOC2CCCCCC2)CC1. The van der Waals surface area contributed by atoms with E-state index in [0.29, 0.717) is 32.4 Å². The van der Waals surface area contributed by atoms with Crippen LogP contribution in [0.2, 0.25) is 0 Å². The summed E-state index contributed by atoms with van der Waals surface area (Å²) in [5, 5.41) is 3.38. The fourth-order valence-corrected chi connectivity index (χ4v) is 3.44. The highest BCUT2D eigenvalue weighted by atomic mass is 16.6. The monoisotopic (exact) mass is 354 g/mol. The van der Waals surface area contributed by atoms with Crippen LogP contribution in [0.15, 0.2) is 4.99 Å². The van der Waals surface area contributed by atoms with E-state index in [9.17, 15) is 4.79 Å². The summed E-state index contributed by atoms with van der Waals surface area (Å²) >= 11 is 0. The van der Waals surface area contributed by atoms with Crippen LogP contribution in [0.5, 0.6) is 0 Å². The predicted octanol–water partition coefficient (Wildman–Crippen LogP) is 2.08. The first-order chi connectivity index (χ1) is 12.2. The molecular weight excluding hydrogens is 320 g/mol. The molecule has 144 valence electrons. The minimum Gasteiger partial charge on any atom is -0.450 e. The Hall–Kier alpha value is -1.50. The normalized spacial score (nSPS) is 20.3. The molecule has 1 saturated carbocycles. The molecule has 7 heteroatoms. The molecule has 0 aromatic rings. The van der Waals surface area contributed by atoms with E-state index in [4.69, 9.17) is 9.47 Å². The van der Waals surface area contributed by atoms with Crippen LogP contribution in [0.3, 0.4) is 0 Å². The van der Waals surface area contributed by atoms with Crippen LogP contribution in [-0.2, 0) is 9.47 Å². The third kappa shape index (κ3) is 6.72. The fraction of sp³-hybridized carbons (Fsp3) is 0.889. The average molecular weight is 354 g/mol. The minimum atomic E-state index is -0.220. The zero-order chi connectivity index (χ0) is 17.9. The highest BCUT2D eigenvalue weighted by Gasteiger charge is 2.23. The Labute approximate surface area is 151 Å². The van der Waals surface area contributed by atoms with E-state index in [0.717, 1.165) is 25.6 Å². The van der Waals surface area contributed by atoms with Crippen molar-refractivity contribution in [1.29, 1.82) is 0 Å². The number of nitrogens with zero attached hydrogens (tertiary/aromatic N) is 3. The Morgan fingerprint density at radius 3 is 2.32 bits per heavy atom. The van der Waals surface area contributed by atoms with E-state index in [1.54, 1.807) is 11.9 Å². The van der Waals surface area contributed by atoms with Gasteiger partial charge in [-0.05, 0) is 19.8 Å². The lowest BCUT2D eigenvalue weighted by molar-refractivity contribution is 0.0464. The van der Waals surface area contributed by atoms with Crippen molar-refractivity contribution in [3.8, 4) is 0 Å². The number of rotatable bonds is 5. The van der Waals surface area contributed by atoms with Crippen molar-refractivity contribution in [3.63, 3.8) is 0 Å². The molecule has 0 aromatic heterocycles. The highest BCUT2D eigenvalue weighted by Crippen LogP contribution is 2.19. The molecule has 1 heterocycles. The van der Waals surface area contributed by atoms with Gasteiger partial charge in [0.15, 0.2) is 5.96 Å². The van der Waals surface area contributed by atoms with Gasteiger partial charge in [-0.1, -0.05) is 25.7 Å². The quantitative estimate of drug-likeness (QED) is 0.354. The number of ether oxygens (including phenoxy) is 2. The molecule has 1 N–H and O–H groups in total. The number of hydrogen-bond acceptors (Lipinski definition) is 4. The summed E-state index contributed by atoms with van der Waals surface area (Å²) in [6.07, 6.45) is 7.90. The summed E-state index contributed by atoms with van der Waals surface area (Å²) in [6.45, 7) is 6.59. The number of hydrogen-bond donors (Lipinski definition) is 1. The van der Waals surface area contributed by atoms with Crippen LogP contribution in [-0.4, -0.2) is 80.9 Å². The van der Waals surface area contributed by atoms with E-state index in [1.165, 1.54) is 38.5 Å². The van der Waals surface area contributed by atoms with Gasteiger partial charge in [0, 0.05) is 39.8 Å². The zero-order valence-corrected chi connectivity index (χ0v) is 15.8. The summed E-state index contributed by atoms with van der Waals surface area (Å²) in [5.74, 6) is 0.882.